The molecule has 0 radical (unpaired) electrons. The van der Waals surface area contributed by atoms with Crippen LogP contribution in [0.5, 0.6) is 0 Å². The highest BCUT2D eigenvalue weighted by Gasteiger charge is 2.28. The zero-order valence-corrected chi connectivity index (χ0v) is 13.5. The van der Waals surface area contributed by atoms with Crippen molar-refractivity contribution in [3.05, 3.63) is 68.3 Å². The number of anilines is 2. The molecule has 2 rings (SSSR count). The van der Waals surface area contributed by atoms with Crippen LogP contribution in [-0.4, -0.2) is 22.9 Å². The topological polar surface area (TPSA) is 125 Å². The molecule has 0 spiro atoms. The van der Waals surface area contributed by atoms with Crippen LogP contribution in [0.3, 0.4) is 0 Å². The van der Waals surface area contributed by atoms with Gasteiger partial charge in [0.05, 0.1) is 22.9 Å². The number of carbonyl (C=O) groups is 1. The number of carbonyl (C=O) groups excluding carboxylic acids is 1. The van der Waals surface area contributed by atoms with Crippen LogP contribution in [0.1, 0.15) is 18.4 Å². The number of para-hydroxylation sites is 1. The van der Waals surface area contributed by atoms with Gasteiger partial charge in [0.1, 0.15) is 5.69 Å². The van der Waals surface area contributed by atoms with E-state index in [0.29, 0.717) is 5.69 Å². The molecule has 9 heteroatoms. The van der Waals surface area contributed by atoms with E-state index in [1.165, 1.54) is 44.4 Å². The third-order valence-corrected chi connectivity index (χ3v) is 3.61. The molecule has 2 aromatic carbocycles. The van der Waals surface area contributed by atoms with Gasteiger partial charge in [-0.3, -0.25) is 25.0 Å². The van der Waals surface area contributed by atoms with Crippen molar-refractivity contribution in [2.24, 2.45) is 0 Å². The first-order chi connectivity index (χ1) is 11.8. The van der Waals surface area contributed by atoms with E-state index in [1.807, 2.05) is 0 Å². The first-order valence-electron chi connectivity index (χ1n) is 7.21. The number of nitrogens with zero attached hydrogens (tertiary/aromatic N) is 2. The summed E-state index contributed by atoms with van der Waals surface area (Å²) in [6, 6.07) is 10.1. The van der Waals surface area contributed by atoms with E-state index in [0.717, 1.165) is 0 Å². The molecule has 9 nitrogen and oxygen atoms in total. The van der Waals surface area contributed by atoms with Crippen LogP contribution >= 0.6 is 0 Å². The fraction of sp³-hybridized carbons (Fsp3) is 0.188. The Balaban J connectivity index is 2.48. The van der Waals surface area contributed by atoms with Gasteiger partial charge in [0.2, 0.25) is 0 Å². The largest absolute Gasteiger partial charge is 0.469 e. The van der Waals surface area contributed by atoms with Crippen molar-refractivity contribution < 1.29 is 19.4 Å². The Morgan fingerprint density at radius 3 is 2.40 bits per heavy atom. The minimum Gasteiger partial charge on any atom is -0.469 e. The van der Waals surface area contributed by atoms with E-state index < -0.39 is 21.7 Å². The zero-order chi connectivity index (χ0) is 18.6. The summed E-state index contributed by atoms with van der Waals surface area (Å²) in [6.07, 6.45) is 0. The van der Waals surface area contributed by atoms with E-state index >= 15 is 0 Å². The molecule has 25 heavy (non-hydrogen) atoms. The lowest BCUT2D eigenvalue weighted by molar-refractivity contribution is -0.385. The molecule has 0 heterocycles. The molecule has 0 aliphatic rings. The van der Waals surface area contributed by atoms with Gasteiger partial charge >= 0.3 is 5.97 Å². The van der Waals surface area contributed by atoms with Gasteiger partial charge in [-0.05, 0) is 19.1 Å². The molecule has 0 saturated carbocycles. The standard InChI is InChI=1S/C16H15N3O6/c1-10(16(20)25-2)13-7-4-8-14(15(13)19(23)24)17-11-5-3-6-12(9-11)18(21)22/h3-10,17H,1-2H3. The Morgan fingerprint density at radius 2 is 1.80 bits per heavy atom. The number of nitro benzene ring substituents is 2. The molecular weight excluding hydrogens is 330 g/mol. The molecule has 130 valence electrons. The number of methoxy groups -OCH3 is 1. The van der Waals surface area contributed by atoms with Gasteiger partial charge < -0.3 is 10.1 Å². The van der Waals surface area contributed by atoms with Gasteiger partial charge in [-0.1, -0.05) is 18.2 Å². The monoisotopic (exact) mass is 345 g/mol. The average molecular weight is 345 g/mol. The van der Waals surface area contributed by atoms with E-state index in [-0.39, 0.29) is 22.6 Å². The van der Waals surface area contributed by atoms with Crippen molar-refractivity contribution in [2.75, 3.05) is 12.4 Å². The summed E-state index contributed by atoms with van der Waals surface area (Å²) in [7, 11) is 1.20. The van der Waals surface area contributed by atoms with Gasteiger partial charge in [-0.15, -0.1) is 0 Å². The van der Waals surface area contributed by atoms with Crippen molar-refractivity contribution in [3.63, 3.8) is 0 Å². The van der Waals surface area contributed by atoms with Gasteiger partial charge in [-0.2, -0.15) is 0 Å². The number of esters is 1. The Kier molecular flexibility index (Phi) is 5.28. The number of non-ortho nitro benzene ring substituents is 1. The van der Waals surface area contributed by atoms with Crippen molar-refractivity contribution in [3.8, 4) is 0 Å². The molecule has 2 aromatic rings. The zero-order valence-electron chi connectivity index (χ0n) is 13.5. The van der Waals surface area contributed by atoms with E-state index in [1.54, 1.807) is 12.1 Å². The van der Waals surface area contributed by atoms with Crippen molar-refractivity contribution >= 4 is 28.7 Å². The minimum atomic E-state index is -0.836. The molecule has 1 unspecified atom stereocenters. The Morgan fingerprint density at radius 1 is 1.12 bits per heavy atom. The highest BCUT2D eigenvalue weighted by molar-refractivity contribution is 5.82. The second kappa shape index (κ2) is 7.39. The Hall–Kier alpha value is -3.49. The third kappa shape index (κ3) is 3.89. The summed E-state index contributed by atoms with van der Waals surface area (Å²) >= 11 is 0. The van der Waals surface area contributed by atoms with Gasteiger partial charge in [0.15, 0.2) is 0 Å². The maximum Gasteiger partial charge on any atom is 0.313 e. The smallest absolute Gasteiger partial charge is 0.313 e. The second-order valence-electron chi connectivity index (χ2n) is 5.18. The van der Waals surface area contributed by atoms with Gasteiger partial charge in [-0.25, -0.2) is 0 Å². The van der Waals surface area contributed by atoms with Crippen LogP contribution in [0.15, 0.2) is 42.5 Å². The number of rotatable bonds is 6. The third-order valence-electron chi connectivity index (χ3n) is 3.61. The predicted molar refractivity (Wildman–Crippen MR) is 89.9 cm³/mol. The number of ether oxygens (including phenoxy) is 1. The van der Waals surface area contributed by atoms with E-state index in [9.17, 15) is 25.0 Å². The first-order valence-corrected chi connectivity index (χ1v) is 7.21. The summed E-state index contributed by atoms with van der Waals surface area (Å²) in [5.74, 6) is -1.44. The molecule has 1 N–H and O–H groups in total. The lowest BCUT2D eigenvalue weighted by atomic mass is 9.98. The highest BCUT2D eigenvalue weighted by Crippen LogP contribution is 2.36. The lowest BCUT2D eigenvalue weighted by Gasteiger charge is -2.13. The molecule has 0 aromatic heterocycles. The first kappa shape index (κ1) is 17.9. The predicted octanol–water partition coefficient (Wildman–Crippen LogP) is 3.52. The maximum absolute atomic E-state index is 11.7. The van der Waals surface area contributed by atoms with Crippen molar-refractivity contribution in [1.29, 1.82) is 0 Å². The van der Waals surface area contributed by atoms with Crippen LogP contribution in [0, 0.1) is 20.2 Å². The minimum absolute atomic E-state index is 0.124. The van der Waals surface area contributed by atoms with Crippen molar-refractivity contribution in [2.45, 2.75) is 12.8 Å². The lowest BCUT2D eigenvalue weighted by Crippen LogP contribution is -2.13. The molecule has 0 amide bonds. The van der Waals surface area contributed by atoms with Gasteiger partial charge in [0.25, 0.3) is 11.4 Å². The molecule has 0 saturated heterocycles. The molecule has 0 fully saturated rings. The summed E-state index contributed by atoms with van der Waals surface area (Å²) in [5, 5.41) is 25.2. The Labute approximate surface area is 142 Å². The number of nitro groups is 2. The average Bonchev–Trinajstić information content (AvgIpc) is 2.60. The quantitative estimate of drug-likeness (QED) is 0.482. The fourth-order valence-electron chi connectivity index (χ4n) is 2.37. The van der Waals surface area contributed by atoms with Crippen LogP contribution in [0.4, 0.5) is 22.7 Å². The van der Waals surface area contributed by atoms with Crippen LogP contribution < -0.4 is 5.32 Å². The van der Waals surface area contributed by atoms with Crippen LogP contribution in [0.25, 0.3) is 0 Å². The summed E-state index contributed by atoms with van der Waals surface area (Å²) in [4.78, 5) is 33.0. The molecular formula is C16H15N3O6. The van der Waals surface area contributed by atoms with Crippen LogP contribution in [0.2, 0.25) is 0 Å². The van der Waals surface area contributed by atoms with Crippen LogP contribution in [-0.2, 0) is 9.53 Å². The molecule has 0 aliphatic carbocycles. The maximum atomic E-state index is 11.7. The summed E-state index contributed by atoms with van der Waals surface area (Å²) in [5.41, 5.74) is 0.199. The number of nitrogens with one attached hydrogen (secondary N) is 1. The number of benzene rings is 2. The second-order valence-corrected chi connectivity index (χ2v) is 5.18. The Bertz CT molecular complexity index is 836. The van der Waals surface area contributed by atoms with E-state index in [2.05, 4.69) is 10.1 Å². The molecule has 0 aliphatic heterocycles. The number of hydrogen-bond acceptors (Lipinski definition) is 7. The van der Waals surface area contributed by atoms with Crippen molar-refractivity contribution in [1.82, 2.24) is 0 Å². The highest BCUT2D eigenvalue weighted by atomic mass is 16.6. The molecule has 1 atom stereocenters. The number of hydrogen-bond donors (Lipinski definition) is 1. The summed E-state index contributed by atoms with van der Waals surface area (Å²) in [6.45, 7) is 1.51. The molecule has 0 bridgehead atoms. The summed E-state index contributed by atoms with van der Waals surface area (Å²) < 4.78 is 4.64. The van der Waals surface area contributed by atoms with Gasteiger partial charge in [0, 0.05) is 23.4 Å². The van der Waals surface area contributed by atoms with E-state index in [4.69, 9.17) is 0 Å². The fourth-order valence-corrected chi connectivity index (χ4v) is 2.37. The SMILES string of the molecule is COC(=O)C(C)c1cccc(Nc2cccc([N+](=O)[O-])c2)c1[N+](=O)[O-]. The normalized spacial score (nSPS) is 11.4.